The zero-order chi connectivity index (χ0) is 24.0. The van der Waals surface area contributed by atoms with E-state index in [0.29, 0.717) is 25.6 Å². The van der Waals surface area contributed by atoms with Gasteiger partial charge in [0.25, 0.3) is 0 Å². The molecule has 2 atom stereocenters. The van der Waals surface area contributed by atoms with Crippen LogP contribution in [0.15, 0.2) is 53.4 Å². The van der Waals surface area contributed by atoms with Gasteiger partial charge in [0.1, 0.15) is 11.9 Å². The van der Waals surface area contributed by atoms with E-state index in [1.807, 2.05) is 12.1 Å². The molecule has 0 N–H and O–H groups in total. The smallest absolute Gasteiger partial charge is 0.416 e. The van der Waals surface area contributed by atoms with Crippen LogP contribution in [-0.4, -0.2) is 55.9 Å². The van der Waals surface area contributed by atoms with E-state index in [1.165, 1.54) is 15.9 Å². The van der Waals surface area contributed by atoms with Crippen LogP contribution in [0.3, 0.4) is 0 Å². The second-order valence-corrected chi connectivity index (χ2v) is 11.7. The molecule has 5 nitrogen and oxygen atoms in total. The molecule has 0 amide bonds. The van der Waals surface area contributed by atoms with Crippen molar-refractivity contribution in [3.8, 4) is 5.75 Å². The van der Waals surface area contributed by atoms with Crippen LogP contribution < -0.4 is 4.74 Å². The van der Waals surface area contributed by atoms with E-state index in [9.17, 15) is 21.6 Å². The first kappa shape index (κ1) is 24.0. The van der Waals surface area contributed by atoms with Crippen molar-refractivity contribution in [1.82, 2.24) is 9.21 Å². The summed E-state index contributed by atoms with van der Waals surface area (Å²) in [7, 11) is -4.01. The summed E-state index contributed by atoms with van der Waals surface area (Å²) in [5.74, 6) is 0.779. The van der Waals surface area contributed by atoms with Gasteiger partial charge in [0, 0.05) is 38.6 Å². The molecule has 0 spiro atoms. The van der Waals surface area contributed by atoms with Crippen LogP contribution >= 0.6 is 0 Å². The Labute approximate surface area is 193 Å². The number of hydrogen-bond acceptors (Lipinski definition) is 4. The fourth-order valence-corrected chi connectivity index (χ4v) is 5.99. The number of benzene rings is 2. The van der Waals surface area contributed by atoms with Gasteiger partial charge in [0.15, 0.2) is 0 Å². The van der Waals surface area contributed by atoms with Crippen molar-refractivity contribution in [2.75, 3.05) is 26.2 Å². The zero-order valence-electron chi connectivity index (χ0n) is 19.0. The molecule has 9 heteroatoms. The van der Waals surface area contributed by atoms with Gasteiger partial charge >= 0.3 is 6.18 Å². The van der Waals surface area contributed by atoms with Crippen molar-refractivity contribution in [2.24, 2.45) is 0 Å². The summed E-state index contributed by atoms with van der Waals surface area (Å²) in [6, 6.07) is 12.0. The molecule has 0 bridgehead atoms. The third kappa shape index (κ3) is 5.20. The Hall–Kier alpha value is -2.10. The lowest BCUT2D eigenvalue weighted by Gasteiger charge is -2.36. The molecule has 180 valence electrons. The highest BCUT2D eigenvalue weighted by molar-refractivity contribution is 7.89. The molecule has 2 aromatic carbocycles. The Kier molecular flexibility index (Phi) is 6.26. The maximum absolute atomic E-state index is 13.0. The topological polar surface area (TPSA) is 49.9 Å². The highest BCUT2D eigenvalue weighted by Gasteiger charge is 2.41. The molecular formula is C24H29F3N2O3S. The van der Waals surface area contributed by atoms with Gasteiger partial charge in [-0.15, -0.1) is 0 Å². The number of nitrogens with zero attached hydrogens (tertiary/aromatic N) is 2. The maximum atomic E-state index is 13.0. The van der Waals surface area contributed by atoms with Crippen molar-refractivity contribution < 1.29 is 26.3 Å². The van der Waals surface area contributed by atoms with E-state index in [1.54, 1.807) is 0 Å². The van der Waals surface area contributed by atoms with E-state index in [0.717, 1.165) is 17.9 Å². The molecular weight excluding hydrogens is 453 g/mol. The van der Waals surface area contributed by atoms with Gasteiger partial charge in [0.2, 0.25) is 10.0 Å². The Morgan fingerprint density at radius 1 is 0.939 bits per heavy atom. The Bertz CT molecular complexity index is 1100. The molecule has 2 aliphatic heterocycles. The van der Waals surface area contributed by atoms with Crippen LogP contribution in [-0.2, 0) is 21.6 Å². The van der Waals surface area contributed by atoms with Crippen molar-refractivity contribution in [3.63, 3.8) is 0 Å². The Balaban J connectivity index is 1.42. The first-order valence-electron chi connectivity index (χ1n) is 11.0. The standard InChI is InChI=1S/C24H29F3N2O3S/c1-23(2,3)17-7-9-20(10-8-17)32-21-14-19-15-29(12-11-28(19)16-21)33(30,31)22-6-4-5-18(13-22)24(25,26)27/h4-10,13,19,21H,11-12,14-16H2,1-3H3/t19-,21-/m0/s1. The molecule has 0 unspecified atom stereocenters. The minimum absolute atomic E-state index is 0.0295. The summed E-state index contributed by atoms with van der Waals surface area (Å²) in [4.78, 5) is 1.88. The third-order valence-corrected chi connectivity index (χ3v) is 8.22. The van der Waals surface area contributed by atoms with Crippen molar-refractivity contribution >= 4 is 10.0 Å². The fourth-order valence-electron chi connectivity index (χ4n) is 4.48. The first-order chi connectivity index (χ1) is 15.3. The van der Waals surface area contributed by atoms with Gasteiger partial charge in [-0.1, -0.05) is 39.0 Å². The highest BCUT2D eigenvalue weighted by atomic mass is 32.2. The Morgan fingerprint density at radius 2 is 1.64 bits per heavy atom. The summed E-state index contributed by atoms with van der Waals surface area (Å²) in [5, 5.41) is 0. The van der Waals surface area contributed by atoms with Crippen LogP contribution in [0.1, 0.15) is 38.3 Å². The Morgan fingerprint density at radius 3 is 2.27 bits per heavy atom. The normalized spacial score (nSPS) is 22.8. The number of piperazine rings is 1. The molecule has 4 rings (SSSR count). The average Bonchev–Trinajstić information content (AvgIpc) is 3.14. The van der Waals surface area contributed by atoms with Crippen LogP contribution in [0.25, 0.3) is 0 Å². The quantitative estimate of drug-likeness (QED) is 0.643. The van der Waals surface area contributed by atoms with Gasteiger partial charge in [-0.25, -0.2) is 8.42 Å². The lowest BCUT2D eigenvalue weighted by atomic mass is 9.87. The van der Waals surface area contributed by atoms with Gasteiger partial charge < -0.3 is 4.74 Å². The summed E-state index contributed by atoms with van der Waals surface area (Å²) in [6.07, 6.45) is -3.99. The van der Waals surface area contributed by atoms with E-state index < -0.39 is 21.8 Å². The van der Waals surface area contributed by atoms with Crippen LogP contribution in [0, 0.1) is 0 Å². The molecule has 0 aliphatic carbocycles. The van der Waals surface area contributed by atoms with Gasteiger partial charge in [-0.3, -0.25) is 4.90 Å². The second-order valence-electron chi connectivity index (χ2n) is 9.79. The van der Waals surface area contributed by atoms with Crippen LogP contribution in [0.2, 0.25) is 0 Å². The summed E-state index contributed by atoms with van der Waals surface area (Å²) in [6.45, 7) is 8.14. The number of fused-ring (bicyclic) bond motifs is 1. The van der Waals surface area contributed by atoms with Crippen LogP contribution in [0.5, 0.6) is 5.75 Å². The average molecular weight is 483 g/mol. The predicted octanol–water partition coefficient (Wildman–Crippen LogP) is 4.53. The SMILES string of the molecule is CC(C)(C)c1ccc(O[C@H]2C[C@H]3CN(S(=O)(=O)c4cccc(C(F)(F)F)c4)CCN3C2)cc1. The number of sulfonamides is 1. The third-order valence-electron chi connectivity index (χ3n) is 6.36. The minimum Gasteiger partial charge on any atom is -0.489 e. The molecule has 0 aromatic heterocycles. The molecule has 2 aromatic rings. The monoisotopic (exact) mass is 482 g/mol. The molecule has 0 saturated carbocycles. The molecule has 2 heterocycles. The van der Waals surface area contributed by atoms with E-state index >= 15 is 0 Å². The zero-order valence-corrected chi connectivity index (χ0v) is 19.8. The number of halogens is 3. The van der Waals surface area contributed by atoms with E-state index in [2.05, 4.69) is 37.8 Å². The minimum atomic E-state index is -4.59. The van der Waals surface area contributed by atoms with E-state index in [-0.39, 0.29) is 35.5 Å². The summed E-state index contributed by atoms with van der Waals surface area (Å²) < 4.78 is 72.7. The molecule has 2 aliphatic rings. The maximum Gasteiger partial charge on any atom is 0.416 e. The lowest BCUT2D eigenvalue weighted by molar-refractivity contribution is -0.137. The molecule has 0 radical (unpaired) electrons. The van der Waals surface area contributed by atoms with Crippen molar-refractivity contribution in [1.29, 1.82) is 0 Å². The summed E-state index contributed by atoms with van der Waals surface area (Å²) >= 11 is 0. The van der Waals surface area contributed by atoms with Crippen molar-refractivity contribution in [2.45, 2.75) is 55.8 Å². The second kappa shape index (κ2) is 8.60. The lowest BCUT2D eigenvalue weighted by Crippen LogP contribution is -2.51. The van der Waals surface area contributed by atoms with Crippen molar-refractivity contribution in [3.05, 3.63) is 59.7 Å². The van der Waals surface area contributed by atoms with Crippen LogP contribution in [0.4, 0.5) is 13.2 Å². The predicted molar refractivity (Wildman–Crippen MR) is 120 cm³/mol. The fraction of sp³-hybridized carbons (Fsp3) is 0.500. The number of alkyl halides is 3. The first-order valence-corrected chi connectivity index (χ1v) is 12.5. The molecule has 2 fully saturated rings. The molecule has 2 saturated heterocycles. The van der Waals surface area contributed by atoms with Gasteiger partial charge in [-0.05, 0) is 41.3 Å². The highest BCUT2D eigenvalue weighted by Crippen LogP contribution is 2.33. The van der Waals surface area contributed by atoms with Gasteiger partial charge in [0.05, 0.1) is 10.5 Å². The van der Waals surface area contributed by atoms with E-state index in [4.69, 9.17) is 4.74 Å². The summed E-state index contributed by atoms with van der Waals surface area (Å²) in [5.41, 5.74) is 0.310. The number of ether oxygens (including phenoxy) is 1. The number of rotatable bonds is 4. The largest absolute Gasteiger partial charge is 0.489 e. The van der Waals surface area contributed by atoms with Gasteiger partial charge in [-0.2, -0.15) is 17.5 Å². The number of hydrogen-bond donors (Lipinski definition) is 0. The molecule has 33 heavy (non-hydrogen) atoms.